The molecular weight excluding hydrogens is 130 g/mol. The Labute approximate surface area is 60.4 Å². The maximum atomic E-state index is 4.01. The van der Waals surface area contributed by atoms with Crippen molar-refractivity contribution in [2.45, 2.75) is 25.5 Å². The second-order valence-electron chi connectivity index (χ2n) is 2.52. The van der Waals surface area contributed by atoms with Crippen LogP contribution in [0.1, 0.15) is 20.3 Å². The van der Waals surface area contributed by atoms with Crippen LogP contribution in [0.15, 0.2) is 10.5 Å². The fourth-order valence-electron chi connectivity index (χ4n) is 0.913. The van der Waals surface area contributed by atoms with Gasteiger partial charge in [0.15, 0.2) is 0 Å². The largest absolute Gasteiger partial charge is 0.173 e. The number of hydrogen-bond donors (Lipinski definition) is 0. The van der Waals surface area contributed by atoms with Crippen molar-refractivity contribution in [3.8, 4) is 0 Å². The van der Waals surface area contributed by atoms with Crippen LogP contribution in [-0.2, 0) is 0 Å². The van der Waals surface area contributed by atoms with E-state index in [9.17, 15) is 0 Å². The van der Waals surface area contributed by atoms with E-state index < -0.39 is 0 Å². The normalized spacial score (nSPS) is 34.4. The quantitative estimate of drug-likeness (QED) is 0.471. The molecule has 1 aliphatic rings. The Kier molecular flexibility index (Phi) is 2.38. The van der Waals surface area contributed by atoms with Gasteiger partial charge in [0.05, 0.1) is 0 Å². The molecular formula is C7H11NS. The Hall–Kier alpha value is -0.200. The second kappa shape index (κ2) is 3.09. The Morgan fingerprint density at radius 2 is 2.44 bits per heavy atom. The standard InChI is InChI=1S/C7H11NS/c1-6-3-4-8-9-7(2)5-6/h3,6-7H,5H2,1-2H3. The molecule has 0 saturated carbocycles. The summed E-state index contributed by atoms with van der Waals surface area (Å²) in [7, 11) is 0. The van der Waals surface area contributed by atoms with Crippen molar-refractivity contribution in [3.63, 3.8) is 0 Å². The van der Waals surface area contributed by atoms with Crippen molar-refractivity contribution in [3.05, 3.63) is 6.08 Å². The van der Waals surface area contributed by atoms with Gasteiger partial charge >= 0.3 is 0 Å². The molecule has 1 nitrogen and oxygen atoms in total. The minimum atomic E-state index is 0.652. The molecule has 0 saturated heterocycles. The van der Waals surface area contributed by atoms with E-state index in [1.165, 1.54) is 6.42 Å². The minimum Gasteiger partial charge on any atom is -0.173 e. The molecule has 0 bridgehead atoms. The molecule has 1 heterocycles. The van der Waals surface area contributed by atoms with Gasteiger partial charge in [-0.1, -0.05) is 13.8 Å². The molecule has 0 aromatic rings. The topological polar surface area (TPSA) is 12.4 Å². The van der Waals surface area contributed by atoms with E-state index in [1.807, 2.05) is 6.08 Å². The van der Waals surface area contributed by atoms with Crippen LogP contribution in [0.3, 0.4) is 0 Å². The van der Waals surface area contributed by atoms with Gasteiger partial charge < -0.3 is 0 Å². The first-order chi connectivity index (χ1) is 4.29. The highest BCUT2D eigenvalue weighted by atomic mass is 32.2. The van der Waals surface area contributed by atoms with Crippen LogP contribution in [0.5, 0.6) is 0 Å². The first-order valence-electron chi connectivity index (χ1n) is 3.24. The SMILES string of the molecule is CC1C=C=NSC(C)C1. The highest BCUT2D eigenvalue weighted by Gasteiger charge is 2.07. The van der Waals surface area contributed by atoms with Crippen molar-refractivity contribution >= 4 is 17.8 Å². The molecule has 0 N–H and O–H groups in total. The van der Waals surface area contributed by atoms with Gasteiger partial charge in [-0.15, -0.1) is 0 Å². The number of rotatable bonds is 0. The number of hydrogen-bond acceptors (Lipinski definition) is 2. The summed E-state index contributed by atoms with van der Waals surface area (Å²) in [6.07, 6.45) is 3.26. The Bertz CT molecular complexity index is 147. The van der Waals surface area contributed by atoms with Gasteiger partial charge in [-0.05, 0) is 36.2 Å². The lowest BCUT2D eigenvalue weighted by atomic mass is 10.1. The van der Waals surface area contributed by atoms with Crippen LogP contribution in [0.4, 0.5) is 0 Å². The van der Waals surface area contributed by atoms with Crippen molar-refractivity contribution < 1.29 is 0 Å². The zero-order chi connectivity index (χ0) is 6.69. The van der Waals surface area contributed by atoms with Gasteiger partial charge in [0.2, 0.25) is 0 Å². The lowest BCUT2D eigenvalue weighted by Crippen LogP contribution is -1.99. The highest BCUT2D eigenvalue weighted by molar-refractivity contribution is 7.98. The molecule has 1 rings (SSSR count). The van der Waals surface area contributed by atoms with Gasteiger partial charge in [0.25, 0.3) is 0 Å². The zero-order valence-electron chi connectivity index (χ0n) is 5.79. The van der Waals surface area contributed by atoms with Gasteiger partial charge in [0, 0.05) is 5.25 Å². The summed E-state index contributed by atoms with van der Waals surface area (Å²) in [5.41, 5.74) is 0. The van der Waals surface area contributed by atoms with Crippen LogP contribution in [0, 0.1) is 5.92 Å². The molecule has 0 aromatic heterocycles. The third-order valence-corrected chi connectivity index (χ3v) is 2.11. The monoisotopic (exact) mass is 141 g/mol. The summed E-state index contributed by atoms with van der Waals surface area (Å²) in [4.78, 5) is 0. The molecule has 9 heavy (non-hydrogen) atoms. The smallest absolute Gasteiger partial charge is 0.0252 e. The summed E-state index contributed by atoms with van der Waals surface area (Å²) in [5, 5.41) is 0.659. The summed E-state index contributed by atoms with van der Waals surface area (Å²) in [6, 6.07) is 0. The Morgan fingerprint density at radius 1 is 1.67 bits per heavy atom. The van der Waals surface area contributed by atoms with Gasteiger partial charge in [-0.25, -0.2) is 0 Å². The van der Waals surface area contributed by atoms with Crippen molar-refractivity contribution in [1.29, 1.82) is 0 Å². The molecule has 0 amide bonds. The van der Waals surface area contributed by atoms with E-state index in [0.717, 1.165) is 0 Å². The van der Waals surface area contributed by atoms with Crippen molar-refractivity contribution in [2.75, 3.05) is 0 Å². The summed E-state index contributed by atoms with van der Waals surface area (Å²) in [5.74, 6) is 3.54. The molecule has 1 aliphatic heterocycles. The molecule has 0 fully saturated rings. The molecule has 0 aliphatic carbocycles. The molecule has 0 spiro atoms. The maximum Gasteiger partial charge on any atom is 0.0252 e. The third kappa shape index (κ3) is 2.25. The second-order valence-corrected chi connectivity index (χ2v) is 3.71. The lowest BCUT2D eigenvalue weighted by Gasteiger charge is -2.06. The van der Waals surface area contributed by atoms with E-state index in [0.29, 0.717) is 11.2 Å². The van der Waals surface area contributed by atoms with Crippen LogP contribution < -0.4 is 0 Å². The molecule has 2 atom stereocenters. The molecule has 2 heteroatoms. The van der Waals surface area contributed by atoms with E-state index in [-0.39, 0.29) is 0 Å². The lowest BCUT2D eigenvalue weighted by molar-refractivity contribution is 0.651. The van der Waals surface area contributed by atoms with Crippen molar-refractivity contribution in [1.82, 2.24) is 0 Å². The molecule has 0 radical (unpaired) electrons. The van der Waals surface area contributed by atoms with Crippen molar-refractivity contribution in [2.24, 2.45) is 10.3 Å². The molecule has 50 valence electrons. The average molecular weight is 141 g/mol. The number of nitrogens with zero attached hydrogens (tertiary/aromatic N) is 1. The fourth-order valence-corrected chi connectivity index (χ4v) is 1.60. The third-order valence-electron chi connectivity index (χ3n) is 1.35. The van der Waals surface area contributed by atoms with Gasteiger partial charge in [-0.3, -0.25) is 0 Å². The van der Waals surface area contributed by atoms with E-state index >= 15 is 0 Å². The van der Waals surface area contributed by atoms with Crippen LogP contribution in [0.25, 0.3) is 0 Å². The summed E-state index contributed by atoms with van der Waals surface area (Å²) < 4.78 is 4.01. The zero-order valence-corrected chi connectivity index (χ0v) is 6.61. The predicted molar refractivity (Wildman–Crippen MR) is 42.8 cm³/mol. The van der Waals surface area contributed by atoms with E-state index in [4.69, 9.17) is 0 Å². The van der Waals surface area contributed by atoms with Crippen LogP contribution >= 0.6 is 11.9 Å². The van der Waals surface area contributed by atoms with Gasteiger partial charge in [-0.2, -0.15) is 4.40 Å². The fraction of sp³-hybridized carbons (Fsp3) is 0.714. The summed E-state index contributed by atoms with van der Waals surface area (Å²) >= 11 is 1.63. The first-order valence-corrected chi connectivity index (χ1v) is 4.07. The van der Waals surface area contributed by atoms with Crippen LogP contribution in [-0.4, -0.2) is 11.1 Å². The van der Waals surface area contributed by atoms with Gasteiger partial charge in [0.1, 0.15) is 0 Å². The minimum absolute atomic E-state index is 0.652. The van der Waals surface area contributed by atoms with E-state index in [2.05, 4.69) is 24.1 Å². The predicted octanol–water partition coefficient (Wildman–Crippen LogP) is 2.29. The Morgan fingerprint density at radius 3 is 3.22 bits per heavy atom. The highest BCUT2D eigenvalue weighted by Crippen LogP contribution is 2.21. The number of allylic oxidation sites excluding steroid dienone is 1. The maximum absolute atomic E-state index is 4.01. The van der Waals surface area contributed by atoms with E-state index in [1.54, 1.807) is 11.9 Å². The Balaban J connectivity index is 2.54. The molecule has 0 aromatic carbocycles. The van der Waals surface area contributed by atoms with Crippen LogP contribution in [0.2, 0.25) is 0 Å². The first kappa shape index (κ1) is 6.91. The molecule has 2 unspecified atom stereocenters. The average Bonchev–Trinajstić information content (AvgIpc) is 1.93. The summed E-state index contributed by atoms with van der Waals surface area (Å²) in [6.45, 7) is 4.40.